The molecule has 2 rings (SSSR count). The number of nitrogens with two attached hydrogens (primary N) is 1. The van der Waals surface area contributed by atoms with Crippen LogP contribution in [0, 0.1) is 0 Å². The van der Waals surface area contributed by atoms with Crippen LogP contribution in [0.1, 0.15) is 43.2 Å². The minimum atomic E-state index is 0.0791. The number of amides is 1. The number of hydrogen-bond donors (Lipinski definition) is 1. The van der Waals surface area contributed by atoms with Crippen molar-refractivity contribution < 1.29 is 4.79 Å². The van der Waals surface area contributed by atoms with E-state index in [0.717, 1.165) is 31.6 Å². The maximum Gasteiger partial charge on any atom is 0.254 e. The normalized spacial score (nSPS) is 22.9. The van der Waals surface area contributed by atoms with Gasteiger partial charge in [0.15, 0.2) is 0 Å². The van der Waals surface area contributed by atoms with Crippen LogP contribution in [0.4, 0.5) is 5.82 Å². The average molecular weight is 293 g/mol. The van der Waals surface area contributed by atoms with Crippen molar-refractivity contribution in [3.05, 3.63) is 23.4 Å². The van der Waals surface area contributed by atoms with Crippen molar-refractivity contribution in [2.75, 3.05) is 18.8 Å². The molecular weight excluding hydrogens is 270 g/mol. The van der Waals surface area contributed by atoms with Gasteiger partial charge in [0.05, 0.1) is 0 Å². The topological polar surface area (TPSA) is 59.2 Å². The van der Waals surface area contributed by atoms with E-state index in [1.165, 1.54) is 0 Å². The molecule has 1 aromatic heterocycles. The molecule has 110 valence electrons. The van der Waals surface area contributed by atoms with Crippen LogP contribution in [-0.4, -0.2) is 39.4 Å². The van der Waals surface area contributed by atoms with Crippen LogP contribution in [0.25, 0.3) is 0 Å². The molecule has 1 aliphatic heterocycles. The lowest BCUT2D eigenvalue weighted by Gasteiger charge is -2.34. The van der Waals surface area contributed by atoms with Crippen LogP contribution in [0.5, 0.6) is 0 Å². The first kappa shape index (κ1) is 15.2. The summed E-state index contributed by atoms with van der Waals surface area (Å²) in [5, 5.41) is 0.967. The molecule has 2 unspecified atom stereocenters. The fourth-order valence-corrected chi connectivity index (χ4v) is 3.97. The second kappa shape index (κ2) is 6.48. The fraction of sp³-hybridized carbons (Fsp3) is 0.600. The first-order valence-corrected chi connectivity index (χ1v) is 8.15. The third-order valence-electron chi connectivity index (χ3n) is 3.36. The van der Waals surface area contributed by atoms with Crippen LogP contribution in [0.15, 0.2) is 12.1 Å². The molecule has 2 atom stereocenters. The minimum absolute atomic E-state index is 0.0791. The Morgan fingerprint density at radius 3 is 2.65 bits per heavy atom. The number of anilines is 1. The van der Waals surface area contributed by atoms with Crippen molar-refractivity contribution in [2.24, 2.45) is 0 Å². The molecule has 2 heterocycles. The maximum absolute atomic E-state index is 12.6. The van der Waals surface area contributed by atoms with E-state index in [1.807, 2.05) is 22.7 Å². The lowest BCUT2D eigenvalue weighted by atomic mass is 10.1. The van der Waals surface area contributed by atoms with Crippen molar-refractivity contribution in [3.8, 4) is 0 Å². The van der Waals surface area contributed by atoms with Crippen molar-refractivity contribution in [1.82, 2.24) is 9.88 Å². The second-order valence-electron chi connectivity index (χ2n) is 5.49. The predicted octanol–water partition coefficient (Wildman–Crippen LogP) is 2.58. The zero-order chi connectivity index (χ0) is 14.7. The van der Waals surface area contributed by atoms with Crippen molar-refractivity contribution in [1.29, 1.82) is 0 Å². The summed E-state index contributed by atoms with van der Waals surface area (Å²) >= 11 is 1.94. The molecule has 4 nitrogen and oxygen atoms in total. The van der Waals surface area contributed by atoms with Gasteiger partial charge in [0, 0.05) is 34.8 Å². The second-order valence-corrected chi connectivity index (χ2v) is 7.37. The Labute approximate surface area is 125 Å². The molecule has 1 amide bonds. The SMILES string of the molecule is CCCc1cc(C(=O)N2CC(C)SC(C)C2)cc(N)n1. The maximum atomic E-state index is 12.6. The van der Waals surface area contributed by atoms with Gasteiger partial charge in [0.2, 0.25) is 0 Å². The Balaban J connectivity index is 2.19. The van der Waals surface area contributed by atoms with E-state index in [2.05, 4.69) is 25.8 Å². The third-order valence-corrected chi connectivity index (χ3v) is 4.59. The van der Waals surface area contributed by atoms with Crippen molar-refractivity contribution in [3.63, 3.8) is 0 Å². The zero-order valence-electron chi connectivity index (χ0n) is 12.4. The summed E-state index contributed by atoms with van der Waals surface area (Å²) in [4.78, 5) is 18.9. The number of aryl methyl sites for hydroxylation is 1. The van der Waals surface area contributed by atoms with E-state index in [-0.39, 0.29) is 5.91 Å². The van der Waals surface area contributed by atoms with Gasteiger partial charge in [-0.25, -0.2) is 4.98 Å². The van der Waals surface area contributed by atoms with Crippen LogP contribution in [-0.2, 0) is 6.42 Å². The number of hydrogen-bond acceptors (Lipinski definition) is 4. The van der Waals surface area contributed by atoms with Gasteiger partial charge >= 0.3 is 0 Å². The Hall–Kier alpha value is -1.23. The molecule has 1 saturated heterocycles. The molecule has 0 aliphatic carbocycles. The van der Waals surface area contributed by atoms with Gasteiger partial charge in [-0.1, -0.05) is 27.2 Å². The van der Waals surface area contributed by atoms with E-state index < -0.39 is 0 Å². The molecule has 1 aromatic rings. The first-order chi connectivity index (χ1) is 9.49. The van der Waals surface area contributed by atoms with Gasteiger partial charge in [-0.2, -0.15) is 11.8 Å². The molecule has 1 aliphatic rings. The summed E-state index contributed by atoms with van der Waals surface area (Å²) in [6, 6.07) is 3.58. The largest absolute Gasteiger partial charge is 0.384 e. The highest BCUT2D eigenvalue weighted by atomic mass is 32.2. The third kappa shape index (κ3) is 3.66. The molecule has 0 bridgehead atoms. The Kier molecular flexibility index (Phi) is 4.91. The highest BCUT2D eigenvalue weighted by Gasteiger charge is 2.26. The first-order valence-electron chi connectivity index (χ1n) is 7.20. The number of nitrogens with zero attached hydrogens (tertiary/aromatic N) is 2. The lowest BCUT2D eigenvalue weighted by Crippen LogP contribution is -2.44. The molecule has 0 aromatic carbocycles. The highest BCUT2D eigenvalue weighted by Crippen LogP contribution is 2.26. The summed E-state index contributed by atoms with van der Waals surface area (Å²) in [5.74, 6) is 0.516. The van der Waals surface area contributed by atoms with Gasteiger partial charge in [-0.3, -0.25) is 4.79 Å². The summed E-state index contributed by atoms with van der Waals surface area (Å²) in [5.41, 5.74) is 7.40. The standard InChI is InChI=1S/C15H23N3OS/c1-4-5-13-6-12(7-14(16)17-13)15(19)18-8-10(2)20-11(3)9-18/h6-7,10-11H,4-5,8-9H2,1-3H3,(H2,16,17). The Morgan fingerprint density at radius 2 is 2.05 bits per heavy atom. The van der Waals surface area contributed by atoms with Crippen LogP contribution >= 0.6 is 11.8 Å². The number of thioether (sulfide) groups is 1. The number of aromatic nitrogens is 1. The molecule has 0 radical (unpaired) electrons. The summed E-state index contributed by atoms with van der Waals surface area (Å²) < 4.78 is 0. The zero-order valence-corrected chi connectivity index (χ0v) is 13.2. The molecule has 5 heteroatoms. The highest BCUT2D eigenvalue weighted by molar-refractivity contribution is 8.00. The molecule has 1 fully saturated rings. The number of pyridine rings is 1. The molecule has 0 spiro atoms. The number of carbonyl (C=O) groups excluding carboxylic acids is 1. The number of nitrogen functional groups attached to an aromatic ring is 1. The lowest BCUT2D eigenvalue weighted by molar-refractivity contribution is 0.0753. The van der Waals surface area contributed by atoms with E-state index in [1.54, 1.807) is 6.07 Å². The Bertz CT molecular complexity index is 482. The predicted molar refractivity (Wildman–Crippen MR) is 85.1 cm³/mol. The monoisotopic (exact) mass is 293 g/mol. The number of rotatable bonds is 3. The fourth-order valence-electron chi connectivity index (χ4n) is 2.64. The van der Waals surface area contributed by atoms with Crippen LogP contribution in [0.2, 0.25) is 0 Å². The van der Waals surface area contributed by atoms with Gasteiger partial charge in [0.25, 0.3) is 5.91 Å². The molecular formula is C15H23N3OS. The van der Waals surface area contributed by atoms with Crippen molar-refractivity contribution in [2.45, 2.75) is 44.1 Å². The summed E-state index contributed by atoms with van der Waals surface area (Å²) in [7, 11) is 0. The van der Waals surface area contributed by atoms with Gasteiger partial charge in [0.1, 0.15) is 5.82 Å². The quantitative estimate of drug-likeness (QED) is 0.930. The molecule has 20 heavy (non-hydrogen) atoms. The van der Waals surface area contributed by atoms with Crippen molar-refractivity contribution >= 4 is 23.5 Å². The number of carbonyl (C=O) groups is 1. The summed E-state index contributed by atoms with van der Waals surface area (Å²) in [6.07, 6.45) is 1.85. The minimum Gasteiger partial charge on any atom is -0.384 e. The van der Waals surface area contributed by atoms with E-state index in [4.69, 9.17) is 5.73 Å². The summed E-state index contributed by atoms with van der Waals surface area (Å²) in [6.45, 7) is 8.05. The van der Waals surface area contributed by atoms with E-state index >= 15 is 0 Å². The van der Waals surface area contributed by atoms with Gasteiger partial charge < -0.3 is 10.6 Å². The average Bonchev–Trinajstić information content (AvgIpc) is 2.36. The van der Waals surface area contributed by atoms with Gasteiger partial charge in [-0.15, -0.1) is 0 Å². The van der Waals surface area contributed by atoms with E-state index in [9.17, 15) is 4.79 Å². The van der Waals surface area contributed by atoms with E-state index in [0.29, 0.717) is 21.9 Å². The smallest absolute Gasteiger partial charge is 0.254 e. The van der Waals surface area contributed by atoms with Crippen LogP contribution < -0.4 is 5.73 Å². The van der Waals surface area contributed by atoms with Gasteiger partial charge in [-0.05, 0) is 18.6 Å². The molecule has 2 N–H and O–H groups in total. The van der Waals surface area contributed by atoms with Crippen LogP contribution in [0.3, 0.4) is 0 Å². The Morgan fingerprint density at radius 1 is 1.40 bits per heavy atom. The molecule has 0 saturated carbocycles.